The third-order valence-corrected chi connectivity index (χ3v) is 3.80. The maximum Gasteiger partial charge on any atom is 0.326 e. The van der Waals surface area contributed by atoms with Gasteiger partial charge in [-0.15, -0.1) is 0 Å². The van der Waals surface area contributed by atoms with E-state index in [2.05, 4.69) is 5.32 Å². The van der Waals surface area contributed by atoms with Gasteiger partial charge in [-0.25, -0.2) is 9.18 Å². The number of benzene rings is 1. The third-order valence-electron chi connectivity index (χ3n) is 2.55. The summed E-state index contributed by atoms with van der Waals surface area (Å²) in [7, 11) is 0. The first-order valence-corrected chi connectivity index (χ1v) is 7.56. The highest BCUT2D eigenvalue weighted by molar-refractivity contribution is 7.99. The van der Waals surface area contributed by atoms with Crippen molar-refractivity contribution in [2.45, 2.75) is 19.4 Å². The highest BCUT2D eigenvalue weighted by Crippen LogP contribution is 2.19. The monoisotopic (exact) mass is 319 g/mol. The van der Waals surface area contributed by atoms with E-state index in [0.717, 1.165) is 11.8 Å². The van der Waals surface area contributed by atoms with Crippen LogP contribution in [0.4, 0.5) is 4.39 Å². The molecule has 1 aromatic carbocycles. The molecule has 0 saturated carbocycles. The Balaban J connectivity index is 2.78. The van der Waals surface area contributed by atoms with Gasteiger partial charge < -0.3 is 10.4 Å². The smallest absolute Gasteiger partial charge is 0.326 e. The number of thioether (sulfide) groups is 1. The van der Waals surface area contributed by atoms with Crippen LogP contribution in [0.2, 0.25) is 5.02 Å². The van der Waals surface area contributed by atoms with Gasteiger partial charge in [0.05, 0.1) is 10.6 Å². The molecule has 1 aromatic rings. The average Bonchev–Trinajstić information content (AvgIpc) is 2.37. The van der Waals surface area contributed by atoms with Crippen LogP contribution in [0.1, 0.15) is 23.7 Å². The molecule has 0 aliphatic rings. The zero-order valence-electron chi connectivity index (χ0n) is 10.9. The highest BCUT2D eigenvalue weighted by atomic mass is 35.5. The normalized spacial score (nSPS) is 11.9. The second-order valence-electron chi connectivity index (χ2n) is 3.95. The summed E-state index contributed by atoms with van der Waals surface area (Å²) in [6, 6.07) is 2.80. The molecule has 0 fully saturated rings. The molecular formula is C13H15ClFNO3S. The number of carbonyl (C=O) groups excluding carboxylic acids is 1. The number of amides is 1. The van der Waals surface area contributed by atoms with E-state index in [0.29, 0.717) is 5.75 Å². The van der Waals surface area contributed by atoms with Crippen LogP contribution >= 0.6 is 23.4 Å². The van der Waals surface area contributed by atoms with Crippen LogP contribution in [0.3, 0.4) is 0 Å². The summed E-state index contributed by atoms with van der Waals surface area (Å²) in [4.78, 5) is 23.0. The Morgan fingerprint density at radius 2 is 2.20 bits per heavy atom. The van der Waals surface area contributed by atoms with E-state index in [1.807, 2.05) is 6.92 Å². The molecule has 1 amide bonds. The summed E-state index contributed by atoms with van der Waals surface area (Å²) in [5, 5.41) is 11.3. The maximum atomic E-state index is 13.6. The van der Waals surface area contributed by atoms with Gasteiger partial charge in [0.2, 0.25) is 0 Å². The van der Waals surface area contributed by atoms with Crippen molar-refractivity contribution in [2.24, 2.45) is 0 Å². The Kier molecular flexibility index (Phi) is 6.81. The molecular weight excluding hydrogens is 305 g/mol. The number of carboxylic acid groups (broad SMARTS) is 1. The predicted molar refractivity (Wildman–Crippen MR) is 77.9 cm³/mol. The summed E-state index contributed by atoms with van der Waals surface area (Å²) in [6.07, 6.45) is 0.269. The van der Waals surface area contributed by atoms with Crippen molar-refractivity contribution in [1.82, 2.24) is 5.32 Å². The van der Waals surface area contributed by atoms with E-state index in [-0.39, 0.29) is 17.0 Å². The summed E-state index contributed by atoms with van der Waals surface area (Å²) >= 11 is 7.33. The Hall–Kier alpha value is -1.27. The van der Waals surface area contributed by atoms with Crippen LogP contribution in [0.15, 0.2) is 18.2 Å². The second kappa shape index (κ2) is 8.11. The molecule has 0 spiro atoms. The summed E-state index contributed by atoms with van der Waals surface area (Å²) < 4.78 is 13.6. The number of carbonyl (C=O) groups is 2. The Bertz CT molecular complexity index is 478. The topological polar surface area (TPSA) is 66.4 Å². The van der Waals surface area contributed by atoms with Crippen molar-refractivity contribution in [3.8, 4) is 0 Å². The first-order chi connectivity index (χ1) is 9.47. The lowest BCUT2D eigenvalue weighted by atomic mass is 10.1. The molecule has 1 atom stereocenters. The van der Waals surface area contributed by atoms with Crippen molar-refractivity contribution in [2.75, 3.05) is 11.5 Å². The fourth-order valence-electron chi connectivity index (χ4n) is 1.55. The summed E-state index contributed by atoms with van der Waals surface area (Å²) in [6.45, 7) is 1.96. The molecule has 0 heterocycles. The van der Waals surface area contributed by atoms with Crippen molar-refractivity contribution in [1.29, 1.82) is 0 Å². The molecule has 7 heteroatoms. The Labute approximate surface area is 125 Å². The quantitative estimate of drug-likeness (QED) is 0.758. The number of rotatable bonds is 7. The van der Waals surface area contributed by atoms with Gasteiger partial charge in [-0.2, -0.15) is 11.8 Å². The second-order valence-corrected chi connectivity index (χ2v) is 5.75. The van der Waals surface area contributed by atoms with Crippen LogP contribution in [0, 0.1) is 5.82 Å². The van der Waals surface area contributed by atoms with Crippen molar-refractivity contribution >= 4 is 35.2 Å². The van der Waals surface area contributed by atoms with Crippen molar-refractivity contribution < 1.29 is 19.1 Å². The first kappa shape index (κ1) is 16.8. The lowest BCUT2D eigenvalue weighted by Crippen LogP contribution is -2.41. The molecule has 0 aromatic heterocycles. The molecule has 0 bridgehead atoms. The molecule has 0 radical (unpaired) electrons. The van der Waals surface area contributed by atoms with E-state index in [9.17, 15) is 14.0 Å². The van der Waals surface area contributed by atoms with E-state index < -0.39 is 23.7 Å². The van der Waals surface area contributed by atoms with Gasteiger partial charge in [0.1, 0.15) is 11.9 Å². The van der Waals surface area contributed by atoms with E-state index in [1.165, 1.54) is 12.1 Å². The molecule has 1 rings (SSSR count). The largest absolute Gasteiger partial charge is 0.480 e. The molecule has 4 nitrogen and oxygen atoms in total. The van der Waals surface area contributed by atoms with Gasteiger partial charge in [-0.05, 0) is 30.1 Å². The number of halogens is 2. The fourth-order valence-corrected chi connectivity index (χ4v) is 2.49. The van der Waals surface area contributed by atoms with Crippen LogP contribution in [-0.4, -0.2) is 34.5 Å². The molecule has 0 aliphatic carbocycles. The van der Waals surface area contributed by atoms with E-state index >= 15 is 0 Å². The number of hydrogen-bond acceptors (Lipinski definition) is 3. The van der Waals surface area contributed by atoms with Crippen molar-refractivity contribution in [3.63, 3.8) is 0 Å². The predicted octanol–water partition coefficient (Wildman–Crippen LogP) is 2.81. The molecule has 0 aliphatic heterocycles. The van der Waals surface area contributed by atoms with Gasteiger partial charge >= 0.3 is 5.97 Å². The zero-order chi connectivity index (χ0) is 15.1. The molecule has 1 unspecified atom stereocenters. The standard InChI is InChI=1S/C13H15ClFNO3S/c1-2-20-7-6-10(13(18)19)16-12(17)11-8(14)4-3-5-9(11)15/h3-5,10H,2,6-7H2,1H3,(H,16,17)(H,18,19). The minimum absolute atomic E-state index is 0.0467. The van der Waals surface area contributed by atoms with Gasteiger partial charge in [-0.3, -0.25) is 4.79 Å². The molecule has 20 heavy (non-hydrogen) atoms. The Morgan fingerprint density at radius 3 is 2.75 bits per heavy atom. The third kappa shape index (κ3) is 4.68. The fraction of sp³-hybridized carbons (Fsp3) is 0.385. The van der Waals surface area contributed by atoms with Gasteiger partial charge in [0.15, 0.2) is 0 Å². The number of nitrogens with one attached hydrogen (secondary N) is 1. The first-order valence-electron chi connectivity index (χ1n) is 6.02. The summed E-state index contributed by atoms with van der Waals surface area (Å²) in [5.74, 6) is -1.29. The number of aliphatic carboxylic acids is 1. The van der Waals surface area contributed by atoms with Crippen LogP contribution in [-0.2, 0) is 4.79 Å². The minimum atomic E-state index is -1.15. The number of carboxylic acids is 1. The lowest BCUT2D eigenvalue weighted by Gasteiger charge is -2.15. The van der Waals surface area contributed by atoms with E-state index in [1.54, 1.807) is 11.8 Å². The lowest BCUT2D eigenvalue weighted by molar-refractivity contribution is -0.139. The van der Waals surface area contributed by atoms with E-state index in [4.69, 9.17) is 16.7 Å². The van der Waals surface area contributed by atoms with Crippen molar-refractivity contribution in [3.05, 3.63) is 34.6 Å². The highest BCUT2D eigenvalue weighted by Gasteiger charge is 2.23. The molecule has 0 saturated heterocycles. The maximum absolute atomic E-state index is 13.6. The average molecular weight is 320 g/mol. The SMILES string of the molecule is CCSCCC(NC(=O)c1c(F)cccc1Cl)C(=O)O. The molecule has 110 valence electrons. The van der Waals surface area contributed by atoms with Gasteiger partial charge in [-0.1, -0.05) is 24.6 Å². The minimum Gasteiger partial charge on any atom is -0.480 e. The van der Waals surface area contributed by atoms with Gasteiger partial charge in [0.25, 0.3) is 5.91 Å². The van der Waals surface area contributed by atoms with Crippen LogP contribution in [0.5, 0.6) is 0 Å². The molecule has 2 N–H and O–H groups in total. The van der Waals surface area contributed by atoms with Gasteiger partial charge in [0, 0.05) is 0 Å². The number of hydrogen-bond donors (Lipinski definition) is 2. The summed E-state index contributed by atoms with van der Waals surface area (Å²) in [5.41, 5.74) is -0.330. The van der Waals surface area contributed by atoms with Crippen LogP contribution in [0.25, 0.3) is 0 Å². The zero-order valence-corrected chi connectivity index (χ0v) is 12.4. The van der Waals surface area contributed by atoms with Crippen LogP contribution < -0.4 is 5.32 Å². The Morgan fingerprint density at radius 1 is 1.50 bits per heavy atom.